The van der Waals surface area contributed by atoms with Crippen LogP contribution in [0.5, 0.6) is 0 Å². The van der Waals surface area contributed by atoms with E-state index >= 15 is 0 Å². The molecule has 13 N–H and O–H groups in total. The van der Waals surface area contributed by atoms with Gasteiger partial charge in [0.15, 0.2) is 0 Å². The van der Waals surface area contributed by atoms with Crippen LogP contribution < -0.4 is 49.6 Å². The summed E-state index contributed by atoms with van der Waals surface area (Å²) in [6.45, 7) is 14.5. The number of nitrogens with two attached hydrogens (primary N) is 3. The van der Waals surface area contributed by atoms with Crippen LogP contribution in [0.15, 0.2) is 0 Å². The Balaban J connectivity index is 5.83. The molecule has 32 heteroatoms. The van der Waals surface area contributed by atoms with Gasteiger partial charge in [-0.05, 0) is 68.6 Å². The van der Waals surface area contributed by atoms with Crippen molar-refractivity contribution >= 4 is 43.0 Å². The van der Waals surface area contributed by atoms with Gasteiger partial charge in [0.05, 0.1) is 126 Å². The Morgan fingerprint density at radius 2 is 0.828 bits per heavy atom. The van der Waals surface area contributed by atoms with Crippen LogP contribution in [-0.2, 0) is 99.5 Å². The molecule has 0 saturated carbocycles. The predicted molar refractivity (Wildman–Crippen MR) is 319 cm³/mol. The van der Waals surface area contributed by atoms with E-state index in [0.717, 1.165) is 0 Å². The van der Waals surface area contributed by atoms with Gasteiger partial charge in [-0.1, -0.05) is 34.1 Å². The summed E-state index contributed by atoms with van der Waals surface area (Å²) in [4.78, 5) is 93.2. The number of hydrogen-bond acceptors (Lipinski definition) is 25. The van der Waals surface area contributed by atoms with Crippen molar-refractivity contribution in [1.29, 1.82) is 0 Å². The Morgan fingerprint density at radius 3 is 1.23 bits per heavy atom. The quantitative estimate of drug-likeness (QED) is 0.0212. The van der Waals surface area contributed by atoms with E-state index in [-0.39, 0.29) is 162 Å². The van der Waals surface area contributed by atoms with Crippen LogP contribution >= 0.6 is 7.60 Å². The van der Waals surface area contributed by atoms with Gasteiger partial charge in [-0.25, -0.2) is 17.7 Å². The molecule has 0 spiro atoms. The minimum absolute atomic E-state index is 0.0791. The molecule has 0 aliphatic heterocycles. The number of carbonyl (C=O) groups excluding carboxylic acids is 6. The van der Waals surface area contributed by atoms with Crippen molar-refractivity contribution < 1.29 is 105 Å². The third-order valence-corrected chi connectivity index (χ3v) is 13.9. The summed E-state index contributed by atoms with van der Waals surface area (Å²) in [5, 5.41) is 26.9. The van der Waals surface area contributed by atoms with Crippen molar-refractivity contribution in [3.8, 4) is 0 Å². The zero-order valence-corrected chi connectivity index (χ0v) is 53.7. The van der Waals surface area contributed by atoms with E-state index in [1.165, 1.54) is 13.8 Å². The van der Waals surface area contributed by atoms with Crippen LogP contribution in [0.2, 0.25) is 0 Å². The Bertz CT molecular complexity index is 1820. The highest BCUT2D eigenvalue weighted by molar-refractivity contribution is 7.52. The van der Waals surface area contributed by atoms with E-state index < -0.39 is 48.2 Å². The first kappa shape index (κ1) is 83.3. The molecule has 0 rings (SSSR count). The zero-order valence-electron chi connectivity index (χ0n) is 52.8. The molecule has 0 radical (unpaired) electrons. The molecule has 0 aliphatic carbocycles. The van der Waals surface area contributed by atoms with Gasteiger partial charge in [0, 0.05) is 58.9 Å². The molecule has 31 nitrogen and oxygen atoms in total. The second kappa shape index (κ2) is 55.2. The Labute approximate surface area is 514 Å². The first-order chi connectivity index (χ1) is 41.7. The first-order valence-electron chi connectivity index (χ1n) is 29.9. The molecule has 0 bridgehead atoms. The number of ether oxygens (including phenoxy) is 9. The second-order valence-electron chi connectivity index (χ2n) is 21.9. The minimum atomic E-state index is -3.16. The molecule has 4 unspecified atom stereocenters. The largest absolute Gasteiger partial charge is 0.396 e. The van der Waals surface area contributed by atoms with Crippen LogP contribution in [0.3, 0.4) is 0 Å². The molecule has 0 heterocycles. The van der Waals surface area contributed by atoms with E-state index in [1.807, 2.05) is 27.7 Å². The SMILES string of the molecule is COP(C)(=O)OCC(CO)CCCCNC(=O)CC(C)(C)CC(C)(C)CNC(=O)C(CCCCNC(=O)COCCOCCOCCON)NC(=O)C(CCCCNC(=O)COCCOCCOCCON)NC(=O)COCCOCCOCCON. The highest BCUT2D eigenvalue weighted by Gasteiger charge is 2.33. The standard InChI is InChI=1S/C55H110N9O22P/c1-54(2,37-48(66)59-16-10-7-13-45(38-65)39-86-87(6,72)73-5)43-55(3,4)44-62-52(70)46(14-8-11-17-60-49(67)40-80-28-25-74-19-22-77-31-34-83-56)64-53(71)47(63-51(69)42-82-30-27-76-21-24-79-33-36-85-58)15-9-12-18-61-50(68)41-81-29-26-75-20-23-78-32-35-84-57/h45-47,65H,7-44,56-58H2,1-6H3,(H,59,66)(H,60,67)(H,61,68)(H,62,70)(H,63,69)(H,64,71). The summed E-state index contributed by atoms with van der Waals surface area (Å²) in [5.74, 6) is 12.2. The second-order valence-corrected chi connectivity index (χ2v) is 24.0. The lowest BCUT2D eigenvalue weighted by Gasteiger charge is -2.35. The van der Waals surface area contributed by atoms with Crippen LogP contribution in [0.25, 0.3) is 0 Å². The monoisotopic (exact) mass is 1280 g/mol. The maximum Gasteiger partial charge on any atom is 0.327 e. The van der Waals surface area contributed by atoms with Gasteiger partial charge in [-0.2, -0.15) is 0 Å². The fraction of sp³-hybridized carbons (Fsp3) is 0.891. The molecular formula is C55H110N9O22P. The molecule has 0 fully saturated rings. The number of nitrogens with one attached hydrogen (secondary N) is 6. The maximum atomic E-state index is 14.2. The molecule has 6 amide bonds. The van der Waals surface area contributed by atoms with Crippen molar-refractivity contribution in [2.45, 2.75) is 110 Å². The van der Waals surface area contributed by atoms with Crippen molar-refractivity contribution in [2.75, 3.05) is 192 Å². The van der Waals surface area contributed by atoms with Gasteiger partial charge in [0.25, 0.3) is 0 Å². The van der Waals surface area contributed by atoms with Gasteiger partial charge in [0.1, 0.15) is 31.9 Å². The van der Waals surface area contributed by atoms with Crippen molar-refractivity contribution in [3.63, 3.8) is 0 Å². The summed E-state index contributed by atoms with van der Waals surface area (Å²) >= 11 is 0. The summed E-state index contributed by atoms with van der Waals surface area (Å²) in [5.41, 5.74) is -1.00. The van der Waals surface area contributed by atoms with E-state index in [0.29, 0.717) is 111 Å². The third-order valence-electron chi connectivity index (χ3n) is 12.6. The molecule has 0 aromatic rings. The highest BCUT2D eigenvalue weighted by atomic mass is 31.2. The van der Waals surface area contributed by atoms with Crippen molar-refractivity contribution in [1.82, 2.24) is 31.9 Å². The van der Waals surface area contributed by atoms with Crippen LogP contribution in [0, 0.1) is 16.7 Å². The number of aliphatic hydroxyl groups excluding tert-OH is 1. The summed E-state index contributed by atoms with van der Waals surface area (Å²) in [6, 6.07) is -2.16. The molecule has 4 atom stereocenters. The van der Waals surface area contributed by atoms with Gasteiger partial charge < -0.3 is 103 Å². The molecule has 87 heavy (non-hydrogen) atoms. The number of hydrogen-bond donors (Lipinski definition) is 10. The number of rotatable bonds is 63. The van der Waals surface area contributed by atoms with E-state index in [4.69, 9.17) is 69.4 Å². The summed E-state index contributed by atoms with van der Waals surface area (Å²) in [6.07, 6.45) is 4.74. The first-order valence-corrected chi connectivity index (χ1v) is 31.9. The molecule has 0 aromatic carbocycles. The van der Waals surface area contributed by atoms with Gasteiger partial charge >= 0.3 is 7.60 Å². The van der Waals surface area contributed by atoms with E-state index in [9.17, 15) is 38.4 Å². The fourth-order valence-corrected chi connectivity index (χ4v) is 8.95. The van der Waals surface area contributed by atoms with Gasteiger partial charge in [-0.3, -0.25) is 33.3 Å². The van der Waals surface area contributed by atoms with E-state index in [1.54, 1.807) is 0 Å². The fourth-order valence-electron chi connectivity index (χ4n) is 8.36. The minimum Gasteiger partial charge on any atom is -0.396 e. The molecule has 0 aromatic heterocycles. The Kier molecular flexibility index (Phi) is 52.9. The lowest BCUT2D eigenvalue weighted by molar-refractivity contribution is -0.134. The maximum absolute atomic E-state index is 14.2. The highest BCUT2D eigenvalue weighted by Crippen LogP contribution is 2.43. The normalized spacial score (nSPS) is 13.5. The molecule has 512 valence electrons. The average Bonchev–Trinajstić information content (AvgIpc) is 2.91. The van der Waals surface area contributed by atoms with Crippen LogP contribution in [-0.4, -0.2) is 245 Å². The topological polar surface area (TPSA) is 419 Å². The van der Waals surface area contributed by atoms with Crippen molar-refractivity contribution in [3.05, 3.63) is 0 Å². The summed E-state index contributed by atoms with van der Waals surface area (Å²) in [7, 11) is -1.86. The zero-order chi connectivity index (χ0) is 64.7. The van der Waals surface area contributed by atoms with Gasteiger partial charge in [-0.15, -0.1) is 0 Å². The third kappa shape index (κ3) is 52.8. The van der Waals surface area contributed by atoms with Gasteiger partial charge in [0.2, 0.25) is 35.4 Å². The van der Waals surface area contributed by atoms with Crippen LogP contribution in [0.1, 0.15) is 98.3 Å². The smallest absolute Gasteiger partial charge is 0.327 e. The molecular weight excluding hydrogens is 1170 g/mol. The number of carbonyl (C=O) groups is 6. The Hall–Kier alpha value is -3.67. The molecule has 0 saturated heterocycles. The number of amides is 6. The van der Waals surface area contributed by atoms with Crippen LogP contribution in [0.4, 0.5) is 0 Å². The van der Waals surface area contributed by atoms with E-state index in [2.05, 4.69) is 46.4 Å². The predicted octanol–water partition coefficient (Wildman–Crippen LogP) is -0.321. The number of aliphatic hydroxyl groups is 1. The lowest BCUT2D eigenvalue weighted by atomic mass is 9.73. The molecule has 0 aliphatic rings. The van der Waals surface area contributed by atoms with Crippen molar-refractivity contribution in [2.24, 2.45) is 34.4 Å². The lowest BCUT2D eigenvalue weighted by Crippen LogP contribution is -2.55. The average molecular weight is 1280 g/mol. The number of unbranched alkanes of at least 4 members (excludes halogenated alkanes) is 3. The summed E-state index contributed by atoms with van der Waals surface area (Å²) < 4.78 is 70.7. The Morgan fingerprint density at radius 1 is 0.460 bits per heavy atom.